The molecule has 0 aromatic heterocycles. The van der Waals surface area contributed by atoms with Crippen molar-refractivity contribution in [3.05, 3.63) is 67.9 Å². The van der Waals surface area contributed by atoms with Gasteiger partial charge in [-0.25, -0.2) is 4.39 Å². The van der Waals surface area contributed by atoms with Crippen LogP contribution in [0, 0.1) is 15.9 Å². The number of fused-ring (bicyclic) bond motifs is 1. The predicted molar refractivity (Wildman–Crippen MR) is 81.9 cm³/mol. The monoisotopic (exact) mass is 350 g/mol. The summed E-state index contributed by atoms with van der Waals surface area (Å²) < 4.78 is 13.6. The molecular weight excluding hydrogens is 339 g/mol. The van der Waals surface area contributed by atoms with Crippen LogP contribution in [0.15, 0.2) is 40.9 Å². The Balaban J connectivity index is 1.83. The second-order valence-corrected chi connectivity index (χ2v) is 5.86. The first-order valence-electron chi connectivity index (χ1n) is 6.53. The zero-order valence-corrected chi connectivity index (χ0v) is 12.6. The maximum atomic E-state index is 13.2. The molecule has 0 heterocycles. The molecule has 0 bridgehead atoms. The standard InChI is InChI=1S/C15H12BrFN2O2/c16-13-8-11(3-6-15(13)19(20)21)18-14-5-1-9-7-10(17)2-4-12(9)14/h2-4,6-8,14,18H,1,5H2. The SMILES string of the molecule is O=[N+]([O-])c1ccc(NC2CCc3cc(F)ccc32)cc1Br. The van der Waals surface area contributed by atoms with E-state index in [4.69, 9.17) is 0 Å². The van der Waals surface area contributed by atoms with Gasteiger partial charge in [0, 0.05) is 11.8 Å². The van der Waals surface area contributed by atoms with Crippen molar-refractivity contribution in [2.75, 3.05) is 5.32 Å². The van der Waals surface area contributed by atoms with Crippen LogP contribution in [0.4, 0.5) is 15.8 Å². The molecule has 0 saturated heterocycles. The zero-order valence-electron chi connectivity index (χ0n) is 11.0. The van der Waals surface area contributed by atoms with Gasteiger partial charge in [0.1, 0.15) is 5.82 Å². The van der Waals surface area contributed by atoms with Crippen molar-refractivity contribution in [1.82, 2.24) is 0 Å². The third-order valence-corrected chi connectivity index (χ3v) is 4.30. The van der Waals surface area contributed by atoms with Crippen LogP contribution in [-0.4, -0.2) is 4.92 Å². The summed E-state index contributed by atoms with van der Waals surface area (Å²) in [5.74, 6) is -0.215. The third kappa shape index (κ3) is 2.76. The molecular formula is C15H12BrFN2O2. The van der Waals surface area contributed by atoms with Gasteiger partial charge in [-0.15, -0.1) is 0 Å². The van der Waals surface area contributed by atoms with E-state index in [0.717, 1.165) is 29.7 Å². The molecule has 0 aliphatic heterocycles. The van der Waals surface area contributed by atoms with Gasteiger partial charge in [0.05, 0.1) is 15.4 Å². The van der Waals surface area contributed by atoms with Crippen LogP contribution in [-0.2, 0) is 6.42 Å². The van der Waals surface area contributed by atoms with E-state index in [1.54, 1.807) is 24.3 Å². The second kappa shape index (κ2) is 5.44. The minimum Gasteiger partial charge on any atom is -0.378 e. The van der Waals surface area contributed by atoms with Crippen molar-refractivity contribution < 1.29 is 9.31 Å². The largest absolute Gasteiger partial charge is 0.378 e. The molecule has 2 aromatic rings. The van der Waals surface area contributed by atoms with Crippen molar-refractivity contribution in [3.63, 3.8) is 0 Å². The van der Waals surface area contributed by atoms with E-state index in [-0.39, 0.29) is 17.5 Å². The highest BCUT2D eigenvalue weighted by Gasteiger charge is 2.23. The summed E-state index contributed by atoms with van der Waals surface area (Å²) in [4.78, 5) is 10.4. The van der Waals surface area contributed by atoms with Crippen molar-refractivity contribution in [1.29, 1.82) is 0 Å². The van der Waals surface area contributed by atoms with E-state index in [0.29, 0.717) is 4.47 Å². The van der Waals surface area contributed by atoms with Gasteiger partial charge < -0.3 is 5.32 Å². The Bertz CT molecular complexity index is 721. The fourth-order valence-corrected chi connectivity index (χ4v) is 3.21. The number of hydrogen-bond donors (Lipinski definition) is 1. The van der Waals surface area contributed by atoms with E-state index in [2.05, 4.69) is 21.2 Å². The summed E-state index contributed by atoms with van der Waals surface area (Å²) in [6.07, 6.45) is 1.71. The average molecular weight is 351 g/mol. The molecule has 1 unspecified atom stereocenters. The number of nitrogens with zero attached hydrogens (tertiary/aromatic N) is 1. The average Bonchev–Trinajstić information content (AvgIpc) is 2.80. The van der Waals surface area contributed by atoms with Gasteiger partial charge in [0.15, 0.2) is 0 Å². The normalized spacial score (nSPS) is 16.6. The highest BCUT2D eigenvalue weighted by Crippen LogP contribution is 2.35. The lowest BCUT2D eigenvalue weighted by atomic mass is 10.1. The molecule has 108 valence electrons. The van der Waals surface area contributed by atoms with Crippen LogP contribution in [0.1, 0.15) is 23.6 Å². The molecule has 0 fully saturated rings. The van der Waals surface area contributed by atoms with E-state index in [9.17, 15) is 14.5 Å². The van der Waals surface area contributed by atoms with Gasteiger partial charge >= 0.3 is 0 Å². The van der Waals surface area contributed by atoms with Gasteiger partial charge in [0.25, 0.3) is 5.69 Å². The van der Waals surface area contributed by atoms with Crippen LogP contribution in [0.2, 0.25) is 0 Å². The molecule has 3 rings (SSSR count). The van der Waals surface area contributed by atoms with Crippen LogP contribution < -0.4 is 5.32 Å². The summed E-state index contributed by atoms with van der Waals surface area (Å²) in [7, 11) is 0. The first-order valence-corrected chi connectivity index (χ1v) is 7.32. The molecule has 6 heteroatoms. The quantitative estimate of drug-likeness (QED) is 0.650. The van der Waals surface area contributed by atoms with Crippen molar-refractivity contribution in [2.45, 2.75) is 18.9 Å². The van der Waals surface area contributed by atoms with Crippen LogP contribution in [0.5, 0.6) is 0 Å². The highest BCUT2D eigenvalue weighted by atomic mass is 79.9. The van der Waals surface area contributed by atoms with E-state index in [1.807, 2.05) is 0 Å². The fraction of sp³-hybridized carbons (Fsp3) is 0.200. The molecule has 4 nitrogen and oxygen atoms in total. The van der Waals surface area contributed by atoms with E-state index in [1.165, 1.54) is 12.1 Å². The third-order valence-electron chi connectivity index (χ3n) is 3.67. The number of aryl methyl sites for hydroxylation is 1. The molecule has 2 aromatic carbocycles. The number of nitrogens with one attached hydrogen (secondary N) is 1. The number of anilines is 1. The lowest BCUT2D eigenvalue weighted by Crippen LogP contribution is -2.07. The van der Waals surface area contributed by atoms with Crippen LogP contribution >= 0.6 is 15.9 Å². The topological polar surface area (TPSA) is 55.2 Å². The van der Waals surface area contributed by atoms with Gasteiger partial charge in [0.2, 0.25) is 0 Å². The maximum Gasteiger partial charge on any atom is 0.283 e. The second-order valence-electron chi connectivity index (χ2n) is 5.00. The first kappa shape index (κ1) is 14.0. The maximum absolute atomic E-state index is 13.2. The Morgan fingerprint density at radius 2 is 2.10 bits per heavy atom. The summed E-state index contributed by atoms with van der Waals surface area (Å²) in [6, 6.07) is 9.79. The molecule has 21 heavy (non-hydrogen) atoms. The Labute approximate surface area is 129 Å². The molecule has 0 spiro atoms. The smallest absolute Gasteiger partial charge is 0.283 e. The van der Waals surface area contributed by atoms with E-state index >= 15 is 0 Å². The lowest BCUT2D eigenvalue weighted by Gasteiger charge is -2.15. The molecule has 1 aliphatic carbocycles. The Morgan fingerprint density at radius 3 is 2.81 bits per heavy atom. The number of rotatable bonds is 3. The zero-order chi connectivity index (χ0) is 15.0. The van der Waals surface area contributed by atoms with Crippen LogP contribution in [0.25, 0.3) is 0 Å². The minimum atomic E-state index is -0.429. The van der Waals surface area contributed by atoms with Crippen molar-refractivity contribution in [2.24, 2.45) is 0 Å². The number of halogens is 2. The summed E-state index contributed by atoms with van der Waals surface area (Å²) in [5, 5.41) is 14.1. The molecule has 0 saturated carbocycles. The minimum absolute atomic E-state index is 0.0365. The molecule has 1 N–H and O–H groups in total. The molecule has 0 amide bonds. The van der Waals surface area contributed by atoms with Crippen LogP contribution in [0.3, 0.4) is 0 Å². The summed E-state index contributed by atoms with van der Waals surface area (Å²) >= 11 is 3.21. The number of hydrogen-bond acceptors (Lipinski definition) is 3. The first-order chi connectivity index (χ1) is 10.0. The Hall–Kier alpha value is -1.95. The predicted octanol–water partition coefficient (Wildman–Crippen LogP) is 4.60. The molecule has 1 aliphatic rings. The van der Waals surface area contributed by atoms with Gasteiger partial charge in [-0.2, -0.15) is 0 Å². The van der Waals surface area contributed by atoms with Crippen molar-refractivity contribution >= 4 is 27.3 Å². The molecule has 0 radical (unpaired) electrons. The highest BCUT2D eigenvalue weighted by molar-refractivity contribution is 9.10. The Morgan fingerprint density at radius 1 is 1.29 bits per heavy atom. The van der Waals surface area contributed by atoms with Crippen molar-refractivity contribution in [3.8, 4) is 0 Å². The lowest BCUT2D eigenvalue weighted by molar-refractivity contribution is -0.385. The van der Waals surface area contributed by atoms with Gasteiger partial charge in [-0.3, -0.25) is 10.1 Å². The summed E-state index contributed by atoms with van der Waals surface area (Å²) in [6.45, 7) is 0. The fourth-order valence-electron chi connectivity index (χ4n) is 2.68. The number of nitro benzene ring substituents is 1. The van der Waals surface area contributed by atoms with Gasteiger partial charge in [-0.1, -0.05) is 6.07 Å². The van der Waals surface area contributed by atoms with Gasteiger partial charge in [-0.05, 0) is 64.2 Å². The molecule has 1 atom stereocenters. The number of benzene rings is 2. The van der Waals surface area contributed by atoms with E-state index < -0.39 is 4.92 Å². The summed E-state index contributed by atoms with van der Waals surface area (Å²) in [5.41, 5.74) is 2.95. The number of nitro groups is 1. The Kier molecular flexibility index (Phi) is 3.63.